The minimum atomic E-state index is -0.744. The zero-order valence-corrected chi connectivity index (χ0v) is 17.7. The second-order valence-corrected chi connectivity index (χ2v) is 7.95. The van der Waals surface area contributed by atoms with Gasteiger partial charge >= 0.3 is 0 Å². The Hall–Kier alpha value is -3.68. The molecule has 166 valence electrons. The summed E-state index contributed by atoms with van der Waals surface area (Å²) in [5, 5.41) is 22.0. The number of Topliss-reactive ketones (excluding diaryl/α,β-unsaturated/α-hetero) is 1. The molecule has 0 radical (unpaired) electrons. The quantitative estimate of drug-likeness (QED) is 0.237. The maximum atomic E-state index is 13.1. The number of ketones is 1. The van der Waals surface area contributed by atoms with Gasteiger partial charge in [0.25, 0.3) is 17.4 Å². The molecule has 1 amide bonds. The molecule has 1 saturated heterocycles. The second-order valence-electron chi connectivity index (χ2n) is 7.95. The lowest BCUT2D eigenvalue weighted by Gasteiger charge is -2.30. The molecule has 0 bridgehead atoms. The second kappa shape index (κ2) is 8.82. The minimum absolute atomic E-state index is 0.0000806. The van der Waals surface area contributed by atoms with Gasteiger partial charge in [0, 0.05) is 23.7 Å². The summed E-state index contributed by atoms with van der Waals surface area (Å²) in [6, 6.07) is 11.6. The average Bonchev–Trinajstić information content (AvgIpc) is 3.41. The van der Waals surface area contributed by atoms with E-state index in [1.165, 1.54) is 24.3 Å². The van der Waals surface area contributed by atoms with Crippen LogP contribution in [0.5, 0.6) is 5.75 Å². The van der Waals surface area contributed by atoms with Gasteiger partial charge in [0.2, 0.25) is 0 Å². The summed E-state index contributed by atoms with van der Waals surface area (Å²) in [7, 11) is 0. The number of nitro benzene ring substituents is 1. The van der Waals surface area contributed by atoms with Gasteiger partial charge in [-0.15, -0.1) is 0 Å². The molecule has 1 aliphatic carbocycles. The van der Waals surface area contributed by atoms with E-state index in [-0.39, 0.29) is 28.6 Å². The molecule has 1 N–H and O–H groups in total. The van der Waals surface area contributed by atoms with Crippen LogP contribution in [0.4, 0.5) is 5.69 Å². The van der Waals surface area contributed by atoms with Gasteiger partial charge in [-0.2, -0.15) is 0 Å². The van der Waals surface area contributed by atoms with E-state index in [2.05, 4.69) is 0 Å². The summed E-state index contributed by atoms with van der Waals surface area (Å²) in [4.78, 5) is 38.1. The van der Waals surface area contributed by atoms with Crippen LogP contribution in [0.3, 0.4) is 0 Å². The Morgan fingerprint density at radius 3 is 2.28 bits per heavy atom. The molecular formula is C24H24N2O6. The highest BCUT2D eigenvalue weighted by atomic mass is 16.6. The number of hydrogen-bond acceptors (Lipinski definition) is 6. The van der Waals surface area contributed by atoms with Crippen molar-refractivity contribution in [1.29, 1.82) is 0 Å². The molecule has 2 aromatic rings. The molecule has 2 aliphatic rings. The Labute approximate surface area is 185 Å². The molecule has 32 heavy (non-hydrogen) atoms. The van der Waals surface area contributed by atoms with E-state index in [0.29, 0.717) is 17.9 Å². The van der Waals surface area contributed by atoms with Crippen molar-refractivity contribution in [1.82, 2.24) is 4.90 Å². The summed E-state index contributed by atoms with van der Waals surface area (Å²) >= 11 is 0. The highest BCUT2D eigenvalue weighted by Crippen LogP contribution is 2.43. The lowest BCUT2D eigenvalue weighted by Crippen LogP contribution is -2.37. The van der Waals surface area contributed by atoms with Crippen molar-refractivity contribution in [2.75, 3.05) is 6.61 Å². The van der Waals surface area contributed by atoms with Crippen LogP contribution in [-0.4, -0.2) is 39.3 Å². The Bertz CT molecular complexity index is 1070. The number of nitrogens with zero attached hydrogens (tertiary/aromatic N) is 2. The number of hydrogen-bond donors (Lipinski definition) is 1. The number of carbonyl (C=O) groups is 2. The number of benzene rings is 2. The summed E-state index contributed by atoms with van der Waals surface area (Å²) < 4.78 is 5.50. The highest BCUT2D eigenvalue weighted by Gasteiger charge is 2.49. The third kappa shape index (κ3) is 3.84. The van der Waals surface area contributed by atoms with E-state index in [9.17, 15) is 24.8 Å². The average molecular weight is 436 g/mol. The maximum Gasteiger partial charge on any atom is 0.295 e. The van der Waals surface area contributed by atoms with Crippen LogP contribution in [-0.2, 0) is 9.59 Å². The summed E-state index contributed by atoms with van der Waals surface area (Å²) in [6.07, 6.45) is 3.56. The van der Waals surface area contributed by atoms with Crippen LogP contribution < -0.4 is 4.74 Å². The highest BCUT2D eigenvalue weighted by molar-refractivity contribution is 6.46. The Morgan fingerprint density at radius 2 is 1.72 bits per heavy atom. The van der Waals surface area contributed by atoms with E-state index in [0.717, 1.165) is 25.7 Å². The number of rotatable bonds is 6. The fraction of sp³-hybridized carbons (Fsp3) is 0.333. The molecule has 0 aromatic heterocycles. The first-order valence-corrected chi connectivity index (χ1v) is 10.7. The van der Waals surface area contributed by atoms with Crippen molar-refractivity contribution in [3.05, 3.63) is 75.3 Å². The van der Waals surface area contributed by atoms with Crippen LogP contribution in [0.25, 0.3) is 5.76 Å². The van der Waals surface area contributed by atoms with Crippen molar-refractivity contribution in [2.45, 2.75) is 44.7 Å². The zero-order chi connectivity index (χ0) is 22.8. The fourth-order valence-corrected chi connectivity index (χ4v) is 4.55. The molecule has 1 saturated carbocycles. The Balaban J connectivity index is 1.82. The van der Waals surface area contributed by atoms with Crippen LogP contribution in [0.2, 0.25) is 0 Å². The summed E-state index contributed by atoms with van der Waals surface area (Å²) in [5.41, 5.74) is 0.815. The van der Waals surface area contributed by atoms with Gasteiger partial charge in [-0.1, -0.05) is 25.0 Å². The van der Waals surface area contributed by atoms with Crippen LogP contribution >= 0.6 is 0 Å². The molecule has 2 aromatic carbocycles. The first-order valence-electron chi connectivity index (χ1n) is 10.7. The molecule has 4 rings (SSSR count). The Morgan fingerprint density at radius 1 is 1.09 bits per heavy atom. The number of likely N-dealkylation sites (tertiary alicyclic amines) is 1. The molecule has 1 heterocycles. The van der Waals surface area contributed by atoms with E-state index < -0.39 is 22.7 Å². The molecule has 8 heteroatoms. The topological polar surface area (TPSA) is 110 Å². The van der Waals surface area contributed by atoms with Gasteiger partial charge in [-0.25, -0.2) is 0 Å². The molecule has 1 atom stereocenters. The number of ether oxygens (including phenoxy) is 1. The number of aliphatic hydroxyl groups excluding tert-OH is 1. The first-order chi connectivity index (χ1) is 15.4. The van der Waals surface area contributed by atoms with Gasteiger partial charge in [-0.3, -0.25) is 19.7 Å². The van der Waals surface area contributed by atoms with Gasteiger partial charge in [-0.05, 0) is 49.6 Å². The lowest BCUT2D eigenvalue weighted by molar-refractivity contribution is -0.384. The molecule has 2 fully saturated rings. The number of aliphatic hydroxyl groups is 1. The number of non-ortho nitro benzene ring substituents is 1. The predicted octanol–water partition coefficient (Wildman–Crippen LogP) is 4.36. The van der Waals surface area contributed by atoms with Crippen molar-refractivity contribution >= 4 is 23.1 Å². The van der Waals surface area contributed by atoms with Crippen molar-refractivity contribution in [3.8, 4) is 5.75 Å². The molecular weight excluding hydrogens is 412 g/mol. The van der Waals surface area contributed by atoms with Crippen LogP contribution in [0.15, 0.2) is 54.1 Å². The normalized spacial score (nSPS) is 20.7. The van der Waals surface area contributed by atoms with E-state index >= 15 is 0 Å². The van der Waals surface area contributed by atoms with E-state index in [1.54, 1.807) is 29.2 Å². The largest absolute Gasteiger partial charge is 0.507 e. The SMILES string of the molecule is CCOc1ccc(C2/C(=C(/O)c3ccc([N+](=O)[O-])cc3)C(=O)C(=O)N2C2CCCC2)cc1. The predicted molar refractivity (Wildman–Crippen MR) is 117 cm³/mol. The molecule has 1 aliphatic heterocycles. The zero-order valence-electron chi connectivity index (χ0n) is 17.7. The maximum absolute atomic E-state index is 13.1. The fourth-order valence-electron chi connectivity index (χ4n) is 4.55. The smallest absolute Gasteiger partial charge is 0.295 e. The molecule has 8 nitrogen and oxygen atoms in total. The number of carbonyl (C=O) groups excluding carboxylic acids is 2. The van der Waals surface area contributed by atoms with Crippen molar-refractivity contribution in [2.24, 2.45) is 0 Å². The third-order valence-corrected chi connectivity index (χ3v) is 6.06. The van der Waals surface area contributed by atoms with Crippen molar-refractivity contribution in [3.63, 3.8) is 0 Å². The van der Waals surface area contributed by atoms with Gasteiger partial charge < -0.3 is 14.7 Å². The van der Waals surface area contributed by atoms with Gasteiger partial charge in [0.15, 0.2) is 0 Å². The van der Waals surface area contributed by atoms with Crippen LogP contribution in [0.1, 0.15) is 49.8 Å². The summed E-state index contributed by atoms with van der Waals surface area (Å²) in [5.74, 6) is -1.03. The molecule has 1 unspecified atom stereocenters. The van der Waals surface area contributed by atoms with Crippen LogP contribution in [0, 0.1) is 10.1 Å². The standard InChI is InChI=1S/C24H24N2O6/c1-2-32-19-13-9-15(10-14-19)21-20(22(27)16-7-11-18(12-8-16)26(30)31)23(28)24(29)25(21)17-5-3-4-6-17/h7-14,17,21,27H,2-6H2,1H3/b22-20-. The van der Waals surface area contributed by atoms with Crippen molar-refractivity contribution < 1.29 is 24.4 Å². The van der Waals surface area contributed by atoms with E-state index in [4.69, 9.17) is 4.74 Å². The summed E-state index contributed by atoms with van der Waals surface area (Å²) in [6.45, 7) is 2.40. The van der Waals surface area contributed by atoms with E-state index in [1.807, 2.05) is 6.92 Å². The lowest BCUT2D eigenvalue weighted by atomic mass is 9.94. The molecule has 0 spiro atoms. The first kappa shape index (κ1) is 21.5. The van der Waals surface area contributed by atoms with Gasteiger partial charge in [0.1, 0.15) is 11.5 Å². The third-order valence-electron chi connectivity index (χ3n) is 6.06. The minimum Gasteiger partial charge on any atom is -0.507 e. The number of amides is 1. The number of nitro groups is 1. The Kier molecular flexibility index (Phi) is 5.94. The van der Waals surface area contributed by atoms with Gasteiger partial charge in [0.05, 0.1) is 23.1 Å². The monoisotopic (exact) mass is 436 g/mol.